The van der Waals surface area contributed by atoms with E-state index in [2.05, 4.69) is 10.3 Å². The third-order valence-corrected chi connectivity index (χ3v) is 3.04. The summed E-state index contributed by atoms with van der Waals surface area (Å²) in [6.45, 7) is 1.43. The van der Waals surface area contributed by atoms with Crippen LogP contribution in [-0.4, -0.2) is 22.0 Å². The van der Waals surface area contributed by atoms with E-state index in [0.717, 1.165) is 18.5 Å². The van der Waals surface area contributed by atoms with Gasteiger partial charge in [0.2, 0.25) is 5.91 Å². The molecule has 1 aromatic carbocycles. The normalized spacial score (nSPS) is 10.9. The van der Waals surface area contributed by atoms with Gasteiger partial charge in [0.1, 0.15) is 0 Å². The number of hydrogen-bond donors (Lipinski definition) is 3. The van der Waals surface area contributed by atoms with Crippen molar-refractivity contribution in [3.05, 3.63) is 48.6 Å². The molecule has 0 aliphatic carbocycles. The molecular formula is C15H19N5O. The van der Waals surface area contributed by atoms with Crippen LogP contribution < -0.4 is 16.8 Å². The number of carbonyl (C=O) groups is 1. The van der Waals surface area contributed by atoms with Gasteiger partial charge in [0.25, 0.3) is 0 Å². The predicted octanol–water partition coefficient (Wildman–Crippen LogP) is 1.27. The van der Waals surface area contributed by atoms with Crippen molar-refractivity contribution in [2.24, 2.45) is 0 Å². The largest absolute Gasteiger partial charge is 0.397 e. The third kappa shape index (κ3) is 4.38. The number of nitrogen functional groups attached to an aromatic ring is 2. The van der Waals surface area contributed by atoms with Gasteiger partial charge in [-0.2, -0.15) is 0 Å². The molecule has 1 heterocycles. The number of amides is 1. The molecule has 2 rings (SSSR count). The number of anilines is 2. The van der Waals surface area contributed by atoms with E-state index in [1.54, 1.807) is 30.7 Å². The molecule has 0 spiro atoms. The lowest BCUT2D eigenvalue weighted by Crippen LogP contribution is -2.23. The predicted molar refractivity (Wildman–Crippen MR) is 84.2 cm³/mol. The van der Waals surface area contributed by atoms with Crippen molar-refractivity contribution in [3.8, 4) is 0 Å². The van der Waals surface area contributed by atoms with E-state index in [4.69, 9.17) is 11.5 Å². The molecule has 1 aromatic heterocycles. The molecule has 0 saturated heterocycles. The van der Waals surface area contributed by atoms with Crippen LogP contribution in [0.4, 0.5) is 11.4 Å². The van der Waals surface area contributed by atoms with E-state index in [-0.39, 0.29) is 5.91 Å². The first-order valence-corrected chi connectivity index (χ1v) is 6.72. The van der Waals surface area contributed by atoms with Crippen LogP contribution in [0.2, 0.25) is 0 Å². The SMILES string of the molecule is Nc1cccc(C=CC(=O)NCCCn2ccnc2)c1N. The van der Waals surface area contributed by atoms with Crippen molar-refractivity contribution in [2.45, 2.75) is 13.0 Å². The number of hydrogen-bond acceptors (Lipinski definition) is 4. The second-order valence-corrected chi connectivity index (χ2v) is 4.63. The van der Waals surface area contributed by atoms with E-state index >= 15 is 0 Å². The number of benzene rings is 1. The number of aryl methyl sites for hydroxylation is 1. The highest BCUT2D eigenvalue weighted by Gasteiger charge is 2.00. The van der Waals surface area contributed by atoms with Crippen LogP contribution in [0, 0.1) is 0 Å². The minimum atomic E-state index is -0.151. The van der Waals surface area contributed by atoms with Gasteiger partial charge < -0.3 is 21.4 Å². The first kappa shape index (κ1) is 14.6. The summed E-state index contributed by atoms with van der Waals surface area (Å²) in [5, 5.41) is 2.82. The fourth-order valence-corrected chi connectivity index (χ4v) is 1.86. The zero-order chi connectivity index (χ0) is 15.1. The summed E-state index contributed by atoms with van der Waals surface area (Å²) >= 11 is 0. The maximum absolute atomic E-state index is 11.7. The number of nitrogens with zero attached hydrogens (tertiary/aromatic N) is 2. The molecule has 0 fully saturated rings. The number of imidazole rings is 1. The second kappa shape index (κ2) is 7.14. The van der Waals surface area contributed by atoms with Crippen molar-refractivity contribution in [2.75, 3.05) is 18.0 Å². The van der Waals surface area contributed by atoms with Crippen molar-refractivity contribution in [1.82, 2.24) is 14.9 Å². The summed E-state index contributed by atoms with van der Waals surface area (Å²) in [6, 6.07) is 5.34. The van der Waals surface area contributed by atoms with Crippen molar-refractivity contribution >= 4 is 23.4 Å². The fourth-order valence-electron chi connectivity index (χ4n) is 1.86. The fraction of sp³-hybridized carbons (Fsp3) is 0.200. The zero-order valence-corrected chi connectivity index (χ0v) is 11.7. The van der Waals surface area contributed by atoms with E-state index in [0.29, 0.717) is 17.9 Å². The average molecular weight is 285 g/mol. The highest BCUT2D eigenvalue weighted by molar-refractivity contribution is 5.93. The van der Waals surface area contributed by atoms with Crippen LogP contribution in [0.1, 0.15) is 12.0 Å². The number of carbonyl (C=O) groups excluding carboxylic acids is 1. The molecule has 0 aliphatic heterocycles. The Kier molecular flexibility index (Phi) is 4.98. The lowest BCUT2D eigenvalue weighted by Gasteiger charge is -2.04. The van der Waals surface area contributed by atoms with Crippen LogP contribution in [0.25, 0.3) is 6.08 Å². The topological polar surface area (TPSA) is 99.0 Å². The van der Waals surface area contributed by atoms with Crippen molar-refractivity contribution in [3.63, 3.8) is 0 Å². The standard InChI is InChI=1S/C15H19N5O/c16-13-4-1-3-12(15(13)17)5-6-14(21)19-7-2-9-20-10-8-18-11-20/h1,3-6,8,10-11H,2,7,9,16-17H2,(H,19,21). The zero-order valence-electron chi connectivity index (χ0n) is 11.7. The summed E-state index contributed by atoms with van der Waals surface area (Å²) in [5.74, 6) is -0.151. The maximum Gasteiger partial charge on any atom is 0.244 e. The third-order valence-electron chi connectivity index (χ3n) is 3.04. The Balaban J connectivity index is 1.76. The Morgan fingerprint density at radius 2 is 2.24 bits per heavy atom. The minimum Gasteiger partial charge on any atom is -0.397 e. The van der Waals surface area contributed by atoms with Gasteiger partial charge in [-0.15, -0.1) is 0 Å². The molecule has 0 aliphatic rings. The van der Waals surface area contributed by atoms with Crippen LogP contribution in [0.5, 0.6) is 0 Å². The maximum atomic E-state index is 11.7. The molecule has 1 amide bonds. The lowest BCUT2D eigenvalue weighted by atomic mass is 10.1. The second-order valence-electron chi connectivity index (χ2n) is 4.63. The molecule has 2 aromatic rings. The van der Waals surface area contributed by atoms with Gasteiger partial charge in [0.05, 0.1) is 17.7 Å². The van der Waals surface area contributed by atoms with Gasteiger partial charge in [-0.1, -0.05) is 12.1 Å². The van der Waals surface area contributed by atoms with Gasteiger partial charge in [0, 0.05) is 31.6 Å². The summed E-state index contributed by atoms with van der Waals surface area (Å²) < 4.78 is 1.97. The first-order valence-electron chi connectivity index (χ1n) is 6.72. The average Bonchev–Trinajstić information content (AvgIpc) is 2.98. The molecule has 6 nitrogen and oxygen atoms in total. The number of rotatable bonds is 6. The highest BCUT2D eigenvalue weighted by atomic mass is 16.1. The smallest absolute Gasteiger partial charge is 0.244 e. The molecule has 0 radical (unpaired) electrons. The lowest BCUT2D eigenvalue weighted by molar-refractivity contribution is -0.116. The van der Waals surface area contributed by atoms with Gasteiger partial charge in [-0.3, -0.25) is 4.79 Å². The van der Waals surface area contributed by atoms with Gasteiger partial charge in [-0.05, 0) is 24.1 Å². The van der Waals surface area contributed by atoms with E-state index < -0.39 is 0 Å². The summed E-state index contributed by atoms with van der Waals surface area (Å²) in [7, 11) is 0. The molecule has 110 valence electrons. The minimum absolute atomic E-state index is 0.151. The Hall–Kier alpha value is -2.76. The van der Waals surface area contributed by atoms with Crippen molar-refractivity contribution < 1.29 is 4.79 Å². The van der Waals surface area contributed by atoms with E-state index in [1.165, 1.54) is 6.08 Å². The van der Waals surface area contributed by atoms with E-state index in [9.17, 15) is 4.79 Å². The van der Waals surface area contributed by atoms with Gasteiger partial charge in [0.15, 0.2) is 0 Å². The van der Waals surface area contributed by atoms with Gasteiger partial charge >= 0.3 is 0 Å². The van der Waals surface area contributed by atoms with Crippen molar-refractivity contribution in [1.29, 1.82) is 0 Å². The first-order chi connectivity index (χ1) is 10.2. The van der Waals surface area contributed by atoms with Crippen LogP contribution in [0.15, 0.2) is 43.0 Å². The molecule has 0 atom stereocenters. The molecule has 0 saturated carbocycles. The number of para-hydroxylation sites is 1. The Morgan fingerprint density at radius 1 is 1.38 bits per heavy atom. The monoisotopic (exact) mass is 285 g/mol. The molecule has 5 N–H and O–H groups in total. The Morgan fingerprint density at radius 3 is 3.00 bits per heavy atom. The summed E-state index contributed by atoms with van der Waals surface area (Å²) in [5.41, 5.74) is 13.3. The summed E-state index contributed by atoms with van der Waals surface area (Å²) in [6.07, 6.45) is 9.35. The Labute approximate surface area is 123 Å². The molecule has 6 heteroatoms. The van der Waals surface area contributed by atoms with Gasteiger partial charge in [-0.25, -0.2) is 4.98 Å². The molecule has 0 unspecified atom stereocenters. The molecule has 21 heavy (non-hydrogen) atoms. The number of aromatic nitrogens is 2. The molecular weight excluding hydrogens is 266 g/mol. The van der Waals surface area contributed by atoms with Crippen LogP contribution in [0.3, 0.4) is 0 Å². The highest BCUT2D eigenvalue weighted by Crippen LogP contribution is 2.20. The van der Waals surface area contributed by atoms with Crippen LogP contribution >= 0.6 is 0 Å². The Bertz CT molecular complexity index is 619. The quantitative estimate of drug-likeness (QED) is 0.423. The van der Waals surface area contributed by atoms with Crippen LogP contribution in [-0.2, 0) is 11.3 Å². The number of nitrogens with two attached hydrogens (primary N) is 2. The molecule has 0 bridgehead atoms. The number of nitrogens with one attached hydrogen (secondary N) is 1. The summed E-state index contributed by atoms with van der Waals surface area (Å²) in [4.78, 5) is 15.6. The van der Waals surface area contributed by atoms with E-state index in [1.807, 2.05) is 16.8 Å².